The van der Waals surface area contributed by atoms with E-state index in [2.05, 4.69) is 11.9 Å². The van der Waals surface area contributed by atoms with Crippen molar-refractivity contribution < 1.29 is 14.6 Å². The number of hydrogen-bond acceptors (Lipinski definition) is 3. The molecule has 1 aromatic carbocycles. The molecule has 0 spiro atoms. The Kier molecular flexibility index (Phi) is 7.92. The molecule has 0 aliphatic carbocycles. The molecule has 5 nitrogen and oxygen atoms in total. The van der Waals surface area contributed by atoms with Crippen molar-refractivity contribution in [3.05, 3.63) is 52.1 Å². The highest BCUT2D eigenvalue weighted by atomic mass is 35.5. The Morgan fingerprint density at radius 2 is 2.11 bits per heavy atom. The number of benzene rings is 1. The summed E-state index contributed by atoms with van der Waals surface area (Å²) < 4.78 is 7.74. The van der Waals surface area contributed by atoms with E-state index < -0.39 is 5.97 Å². The number of carboxylic acid groups (broad SMARTS) is 1. The number of nitrogens with zero attached hydrogens (tertiary/aromatic N) is 2. The molecule has 1 heterocycles. The number of halogens is 1. The Balaban J connectivity index is 2.21. The predicted octanol–water partition coefficient (Wildman–Crippen LogP) is 5.12. The fourth-order valence-electron chi connectivity index (χ4n) is 2.90. The molecule has 2 aromatic rings. The fourth-order valence-corrected chi connectivity index (χ4v) is 3.13. The van der Waals surface area contributed by atoms with Crippen molar-refractivity contribution in [1.82, 2.24) is 9.55 Å². The van der Waals surface area contributed by atoms with Crippen molar-refractivity contribution in [3.8, 4) is 5.75 Å². The summed E-state index contributed by atoms with van der Waals surface area (Å²) in [6, 6.07) is 5.71. The van der Waals surface area contributed by atoms with Gasteiger partial charge in [-0.25, -0.2) is 9.78 Å². The Bertz CT molecular complexity index is 812. The van der Waals surface area contributed by atoms with Crippen LogP contribution in [0.25, 0.3) is 6.08 Å². The molecular formula is C21H27ClN2O3. The monoisotopic (exact) mass is 390 g/mol. The van der Waals surface area contributed by atoms with Gasteiger partial charge in [0, 0.05) is 11.1 Å². The number of ether oxygens (including phenoxy) is 1. The molecule has 6 heteroatoms. The second-order valence-electron chi connectivity index (χ2n) is 6.41. The first-order valence-corrected chi connectivity index (χ1v) is 9.72. The number of imidazole rings is 1. The molecule has 1 N–H and O–H groups in total. The quantitative estimate of drug-likeness (QED) is 0.451. The third-order valence-electron chi connectivity index (χ3n) is 4.36. The SMILES string of the molecule is CCCCCOc1ccc(Cn2c(C)nc(CC)c2C=CC(=O)O)c(Cl)c1. The maximum Gasteiger partial charge on any atom is 0.328 e. The number of aliphatic carboxylic acids is 1. The minimum Gasteiger partial charge on any atom is -0.494 e. The summed E-state index contributed by atoms with van der Waals surface area (Å²) in [4.78, 5) is 15.5. The Hall–Kier alpha value is -2.27. The van der Waals surface area contributed by atoms with Gasteiger partial charge in [-0.1, -0.05) is 44.4 Å². The molecule has 146 valence electrons. The van der Waals surface area contributed by atoms with Gasteiger partial charge in [0.1, 0.15) is 11.6 Å². The molecule has 0 aliphatic rings. The maximum absolute atomic E-state index is 10.9. The summed E-state index contributed by atoms with van der Waals surface area (Å²) in [7, 11) is 0. The number of hydrogen-bond donors (Lipinski definition) is 1. The van der Waals surface area contributed by atoms with Gasteiger partial charge in [0.15, 0.2) is 0 Å². The zero-order chi connectivity index (χ0) is 19.8. The number of carbonyl (C=O) groups is 1. The van der Waals surface area contributed by atoms with E-state index in [4.69, 9.17) is 21.4 Å². The minimum atomic E-state index is -0.981. The van der Waals surface area contributed by atoms with Crippen LogP contribution in [0.15, 0.2) is 24.3 Å². The average molecular weight is 391 g/mol. The van der Waals surface area contributed by atoms with E-state index in [1.807, 2.05) is 36.6 Å². The standard InChI is InChI=1S/C21H27ClN2O3/c1-4-6-7-12-27-17-9-8-16(18(22)13-17)14-24-15(3)23-19(5-2)20(24)10-11-21(25)26/h8-11,13H,4-7,12,14H2,1-3H3,(H,25,26). The lowest BCUT2D eigenvalue weighted by molar-refractivity contribution is -0.131. The minimum absolute atomic E-state index is 0.521. The summed E-state index contributed by atoms with van der Waals surface area (Å²) >= 11 is 6.47. The molecule has 2 rings (SSSR count). The first-order chi connectivity index (χ1) is 13.0. The molecular weight excluding hydrogens is 364 g/mol. The molecule has 27 heavy (non-hydrogen) atoms. The van der Waals surface area contributed by atoms with Gasteiger partial charge in [-0.15, -0.1) is 0 Å². The molecule has 0 saturated carbocycles. The van der Waals surface area contributed by atoms with Crippen LogP contribution in [0, 0.1) is 6.92 Å². The van der Waals surface area contributed by atoms with Crippen LogP contribution in [0.4, 0.5) is 0 Å². The smallest absolute Gasteiger partial charge is 0.328 e. The van der Waals surface area contributed by atoms with E-state index in [9.17, 15) is 4.79 Å². The van der Waals surface area contributed by atoms with E-state index in [1.165, 1.54) is 0 Å². The van der Waals surface area contributed by atoms with Crippen LogP contribution in [0.1, 0.15) is 55.9 Å². The van der Waals surface area contributed by atoms with Gasteiger partial charge in [-0.2, -0.15) is 0 Å². The Morgan fingerprint density at radius 3 is 2.74 bits per heavy atom. The summed E-state index contributed by atoms with van der Waals surface area (Å²) in [6.45, 7) is 7.28. The molecule has 0 radical (unpaired) electrons. The molecule has 1 aromatic heterocycles. The van der Waals surface area contributed by atoms with Crippen molar-refractivity contribution in [3.63, 3.8) is 0 Å². The van der Waals surface area contributed by atoms with E-state index in [0.29, 0.717) is 18.2 Å². The largest absolute Gasteiger partial charge is 0.494 e. The molecule has 0 bridgehead atoms. The molecule has 0 atom stereocenters. The Morgan fingerprint density at radius 1 is 1.33 bits per heavy atom. The number of carboxylic acids is 1. The highest BCUT2D eigenvalue weighted by molar-refractivity contribution is 6.31. The van der Waals surface area contributed by atoms with Crippen LogP contribution in [-0.2, 0) is 17.8 Å². The van der Waals surface area contributed by atoms with Crippen LogP contribution in [0.2, 0.25) is 5.02 Å². The molecule has 0 unspecified atom stereocenters. The lowest BCUT2D eigenvalue weighted by Crippen LogP contribution is -2.06. The normalized spacial score (nSPS) is 11.3. The van der Waals surface area contributed by atoms with Crippen LogP contribution in [0.3, 0.4) is 0 Å². The van der Waals surface area contributed by atoms with Gasteiger partial charge >= 0.3 is 5.97 Å². The van der Waals surface area contributed by atoms with Gasteiger partial charge in [-0.05, 0) is 43.5 Å². The molecule has 0 amide bonds. The van der Waals surface area contributed by atoms with Crippen molar-refractivity contribution in [2.24, 2.45) is 0 Å². The van der Waals surface area contributed by atoms with E-state index in [-0.39, 0.29) is 0 Å². The Labute approximate surface area is 165 Å². The van der Waals surface area contributed by atoms with Crippen molar-refractivity contribution >= 4 is 23.6 Å². The second-order valence-corrected chi connectivity index (χ2v) is 6.82. The number of aromatic nitrogens is 2. The van der Waals surface area contributed by atoms with Crippen molar-refractivity contribution in [2.75, 3.05) is 6.61 Å². The highest BCUT2D eigenvalue weighted by Crippen LogP contribution is 2.25. The zero-order valence-corrected chi connectivity index (χ0v) is 16.9. The molecule has 0 fully saturated rings. The van der Waals surface area contributed by atoms with Gasteiger partial charge in [-0.3, -0.25) is 0 Å². The second kappa shape index (κ2) is 10.2. The topological polar surface area (TPSA) is 64.4 Å². The van der Waals surface area contributed by atoms with Crippen molar-refractivity contribution in [1.29, 1.82) is 0 Å². The zero-order valence-electron chi connectivity index (χ0n) is 16.2. The number of unbranched alkanes of at least 4 members (excludes halogenated alkanes) is 2. The number of rotatable bonds is 10. The summed E-state index contributed by atoms with van der Waals surface area (Å²) in [5.41, 5.74) is 2.61. The first kappa shape index (κ1) is 21.0. The van der Waals surface area contributed by atoms with Crippen molar-refractivity contribution in [2.45, 2.75) is 53.0 Å². The maximum atomic E-state index is 10.9. The van der Waals surface area contributed by atoms with E-state index >= 15 is 0 Å². The predicted molar refractivity (Wildman–Crippen MR) is 109 cm³/mol. The molecule has 0 aliphatic heterocycles. The lowest BCUT2D eigenvalue weighted by Gasteiger charge is -2.12. The fraction of sp³-hybridized carbons (Fsp3) is 0.429. The summed E-state index contributed by atoms with van der Waals surface area (Å²) in [5, 5.41) is 9.58. The third-order valence-corrected chi connectivity index (χ3v) is 4.71. The third kappa shape index (κ3) is 5.86. The summed E-state index contributed by atoms with van der Waals surface area (Å²) in [5.74, 6) is 0.611. The molecule has 0 saturated heterocycles. The van der Waals surface area contributed by atoms with Crippen LogP contribution >= 0.6 is 11.6 Å². The average Bonchev–Trinajstić information content (AvgIpc) is 2.94. The van der Waals surface area contributed by atoms with Crippen LogP contribution < -0.4 is 4.74 Å². The lowest BCUT2D eigenvalue weighted by atomic mass is 10.2. The summed E-state index contributed by atoms with van der Waals surface area (Å²) in [6.07, 6.45) is 6.81. The first-order valence-electron chi connectivity index (χ1n) is 9.34. The van der Waals surface area contributed by atoms with Crippen LogP contribution in [-0.4, -0.2) is 27.2 Å². The van der Waals surface area contributed by atoms with E-state index in [1.54, 1.807) is 6.08 Å². The van der Waals surface area contributed by atoms with E-state index in [0.717, 1.165) is 60.3 Å². The van der Waals surface area contributed by atoms with Crippen LogP contribution in [0.5, 0.6) is 5.75 Å². The highest BCUT2D eigenvalue weighted by Gasteiger charge is 2.13. The van der Waals surface area contributed by atoms with Gasteiger partial charge in [0.25, 0.3) is 0 Å². The van der Waals surface area contributed by atoms with Gasteiger partial charge in [0.2, 0.25) is 0 Å². The number of aryl methyl sites for hydroxylation is 2. The van der Waals surface area contributed by atoms with Gasteiger partial charge < -0.3 is 14.4 Å². The van der Waals surface area contributed by atoms with Gasteiger partial charge in [0.05, 0.1) is 24.5 Å².